The minimum atomic E-state index is -0.193. The second-order valence-electron chi connectivity index (χ2n) is 5.17. The summed E-state index contributed by atoms with van der Waals surface area (Å²) in [6.07, 6.45) is 2.02. The van der Waals surface area contributed by atoms with E-state index in [1.807, 2.05) is 24.3 Å². The lowest BCUT2D eigenvalue weighted by molar-refractivity contribution is 0.472. The number of hydrogen-bond donors (Lipinski definition) is 1. The van der Waals surface area contributed by atoms with Crippen LogP contribution in [0.3, 0.4) is 0 Å². The van der Waals surface area contributed by atoms with Crippen molar-refractivity contribution < 1.29 is 9.50 Å². The van der Waals surface area contributed by atoms with Crippen LogP contribution in [0.1, 0.15) is 49.7 Å². The summed E-state index contributed by atoms with van der Waals surface area (Å²) >= 11 is 0. The molecular formula is C18H21FO. The second-order valence-corrected chi connectivity index (χ2v) is 5.17. The van der Waals surface area contributed by atoms with Crippen molar-refractivity contribution in [3.05, 3.63) is 65.5 Å². The summed E-state index contributed by atoms with van der Waals surface area (Å²) in [7, 11) is 0. The number of benzene rings is 2. The molecule has 0 aliphatic rings. The van der Waals surface area contributed by atoms with Crippen molar-refractivity contribution in [2.45, 2.75) is 38.5 Å². The van der Waals surface area contributed by atoms with Gasteiger partial charge in [0.15, 0.2) is 0 Å². The molecular weight excluding hydrogens is 251 g/mol. The van der Waals surface area contributed by atoms with E-state index < -0.39 is 0 Å². The van der Waals surface area contributed by atoms with Crippen LogP contribution < -0.4 is 0 Å². The van der Waals surface area contributed by atoms with Gasteiger partial charge in [-0.15, -0.1) is 0 Å². The zero-order valence-electron chi connectivity index (χ0n) is 12.0. The average molecular weight is 272 g/mol. The Kier molecular flexibility index (Phi) is 4.78. The van der Waals surface area contributed by atoms with Crippen LogP contribution in [0.4, 0.5) is 4.39 Å². The Hall–Kier alpha value is -1.83. The van der Waals surface area contributed by atoms with E-state index >= 15 is 0 Å². The van der Waals surface area contributed by atoms with Crippen molar-refractivity contribution in [3.63, 3.8) is 0 Å². The van der Waals surface area contributed by atoms with Gasteiger partial charge >= 0.3 is 0 Å². The number of hydrogen-bond acceptors (Lipinski definition) is 1. The summed E-state index contributed by atoms with van der Waals surface area (Å²) in [4.78, 5) is 0. The first-order chi connectivity index (χ1) is 9.65. The SMILES string of the molecule is CC[C@H](c1ccc(F)cc1)[C@@H](CC)c1ccc(O)cc1. The van der Waals surface area contributed by atoms with Crippen LogP contribution in [0, 0.1) is 5.82 Å². The van der Waals surface area contributed by atoms with Crippen molar-refractivity contribution in [3.8, 4) is 5.75 Å². The Morgan fingerprint density at radius 1 is 0.800 bits per heavy atom. The quantitative estimate of drug-likeness (QED) is 0.791. The summed E-state index contributed by atoms with van der Waals surface area (Å²) in [5, 5.41) is 9.41. The smallest absolute Gasteiger partial charge is 0.123 e. The molecule has 0 saturated heterocycles. The molecule has 2 heteroatoms. The molecule has 2 atom stereocenters. The molecule has 0 fully saturated rings. The van der Waals surface area contributed by atoms with Crippen molar-refractivity contribution in [1.82, 2.24) is 0 Å². The molecule has 0 heterocycles. The van der Waals surface area contributed by atoms with Crippen LogP contribution in [0.5, 0.6) is 5.75 Å². The summed E-state index contributed by atoms with van der Waals surface area (Å²) in [5.74, 6) is 0.843. The fourth-order valence-corrected chi connectivity index (χ4v) is 2.94. The first kappa shape index (κ1) is 14.6. The van der Waals surface area contributed by atoms with Gasteiger partial charge in [-0.1, -0.05) is 38.1 Å². The first-order valence-electron chi connectivity index (χ1n) is 7.20. The summed E-state index contributed by atoms with van der Waals surface area (Å²) in [6, 6.07) is 14.2. The van der Waals surface area contributed by atoms with Crippen LogP contribution in [0.2, 0.25) is 0 Å². The van der Waals surface area contributed by atoms with Crippen LogP contribution in [0.25, 0.3) is 0 Å². The van der Waals surface area contributed by atoms with E-state index in [9.17, 15) is 9.50 Å². The molecule has 106 valence electrons. The van der Waals surface area contributed by atoms with E-state index in [0.29, 0.717) is 17.6 Å². The molecule has 0 bridgehead atoms. The van der Waals surface area contributed by atoms with E-state index in [2.05, 4.69) is 13.8 Å². The van der Waals surface area contributed by atoms with Gasteiger partial charge in [0.2, 0.25) is 0 Å². The Labute approximate surface area is 120 Å². The number of halogens is 1. The first-order valence-corrected chi connectivity index (χ1v) is 7.20. The minimum Gasteiger partial charge on any atom is -0.508 e. The molecule has 20 heavy (non-hydrogen) atoms. The van der Waals surface area contributed by atoms with E-state index in [1.165, 1.54) is 23.3 Å². The summed E-state index contributed by atoms with van der Waals surface area (Å²) < 4.78 is 13.1. The van der Waals surface area contributed by atoms with Crippen molar-refractivity contribution in [2.24, 2.45) is 0 Å². The largest absolute Gasteiger partial charge is 0.508 e. The molecule has 1 N–H and O–H groups in total. The van der Waals surface area contributed by atoms with Crippen molar-refractivity contribution >= 4 is 0 Å². The van der Waals surface area contributed by atoms with Gasteiger partial charge in [-0.3, -0.25) is 0 Å². The highest BCUT2D eigenvalue weighted by molar-refractivity contribution is 5.32. The maximum Gasteiger partial charge on any atom is 0.123 e. The Bertz CT molecular complexity index is 479. The Balaban J connectivity index is 2.32. The zero-order valence-corrected chi connectivity index (χ0v) is 12.0. The van der Waals surface area contributed by atoms with Crippen molar-refractivity contribution in [1.29, 1.82) is 0 Å². The van der Waals surface area contributed by atoms with Gasteiger partial charge in [0, 0.05) is 0 Å². The topological polar surface area (TPSA) is 20.2 Å². The van der Waals surface area contributed by atoms with Crippen LogP contribution in [-0.2, 0) is 0 Å². The third-order valence-corrected chi connectivity index (χ3v) is 3.98. The van der Waals surface area contributed by atoms with Gasteiger partial charge in [-0.2, -0.15) is 0 Å². The molecule has 0 spiro atoms. The van der Waals surface area contributed by atoms with Gasteiger partial charge in [0.05, 0.1) is 0 Å². The van der Waals surface area contributed by atoms with Gasteiger partial charge < -0.3 is 5.11 Å². The minimum absolute atomic E-state index is 0.193. The van der Waals surface area contributed by atoms with Crippen LogP contribution >= 0.6 is 0 Å². The molecule has 0 unspecified atom stereocenters. The molecule has 2 aromatic carbocycles. The molecule has 0 radical (unpaired) electrons. The van der Waals surface area contributed by atoms with Crippen LogP contribution in [0.15, 0.2) is 48.5 Å². The van der Waals surface area contributed by atoms with Crippen molar-refractivity contribution in [2.75, 3.05) is 0 Å². The number of phenols is 1. The molecule has 2 rings (SSSR count). The standard InChI is InChI=1S/C18H21FO/c1-3-17(13-5-9-15(19)10-6-13)18(4-2)14-7-11-16(20)12-8-14/h5-12,17-18,20H,3-4H2,1-2H3/t17-,18+/m1/s1. The number of rotatable bonds is 5. The normalized spacial score (nSPS) is 13.9. The fourth-order valence-electron chi connectivity index (χ4n) is 2.94. The van der Waals surface area contributed by atoms with Gasteiger partial charge in [-0.05, 0) is 60.1 Å². The maximum atomic E-state index is 13.1. The molecule has 0 saturated carbocycles. The fraction of sp³-hybridized carbons (Fsp3) is 0.333. The van der Waals surface area contributed by atoms with E-state index in [0.717, 1.165) is 12.8 Å². The lowest BCUT2D eigenvalue weighted by Crippen LogP contribution is -2.10. The van der Waals surface area contributed by atoms with Gasteiger partial charge in [0.1, 0.15) is 11.6 Å². The number of phenolic OH excluding ortho intramolecular Hbond substituents is 1. The Morgan fingerprint density at radius 3 is 1.60 bits per heavy atom. The summed E-state index contributed by atoms with van der Waals surface area (Å²) in [6.45, 7) is 4.33. The monoisotopic (exact) mass is 272 g/mol. The van der Waals surface area contributed by atoms with E-state index in [1.54, 1.807) is 12.1 Å². The average Bonchev–Trinajstić information content (AvgIpc) is 2.47. The predicted octanol–water partition coefficient (Wildman–Crippen LogP) is 5.22. The molecule has 0 aliphatic carbocycles. The van der Waals surface area contributed by atoms with Gasteiger partial charge in [0.25, 0.3) is 0 Å². The zero-order chi connectivity index (χ0) is 14.5. The summed E-state index contributed by atoms with van der Waals surface area (Å²) in [5.41, 5.74) is 2.40. The Morgan fingerprint density at radius 2 is 1.20 bits per heavy atom. The molecule has 0 amide bonds. The van der Waals surface area contributed by atoms with E-state index in [4.69, 9.17) is 0 Å². The molecule has 0 aliphatic heterocycles. The maximum absolute atomic E-state index is 13.1. The number of aromatic hydroxyl groups is 1. The third kappa shape index (κ3) is 3.19. The lowest BCUT2D eigenvalue weighted by atomic mass is 9.78. The molecule has 0 aromatic heterocycles. The highest BCUT2D eigenvalue weighted by Gasteiger charge is 2.21. The van der Waals surface area contributed by atoms with Crippen LogP contribution in [-0.4, -0.2) is 5.11 Å². The third-order valence-electron chi connectivity index (χ3n) is 3.98. The molecule has 2 aromatic rings. The second kappa shape index (κ2) is 6.56. The van der Waals surface area contributed by atoms with E-state index in [-0.39, 0.29) is 5.82 Å². The lowest BCUT2D eigenvalue weighted by Gasteiger charge is -2.26. The predicted molar refractivity (Wildman–Crippen MR) is 80.6 cm³/mol. The highest BCUT2D eigenvalue weighted by atomic mass is 19.1. The van der Waals surface area contributed by atoms with Gasteiger partial charge in [-0.25, -0.2) is 4.39 Å². The highest BCUT2D eigenvalue weighted by Crippen LogP contribution is 2.38. The molecule has 1 nitrogen and oxygen atoms in total.